The van der Waals surface area contributed by atoms with Crippen LogP contribution in [0.25, 0.3) is 0 Å². The molecule has 27 heavy (non-hydrogen) atoms. The maximum atomic E-state index is 5.55. The van der Waals surface area contributed by atoms with Crippen LogP contribution >= 0.6 is 47.1 Å². The quantitative estimate of drug-likeness (QED) is 0.325. The highest BCUT2D eigenvalue weighted by Crippen LogP contribution is 2.29. The molecule has 1 aromatic rings. The van der Waals surface area contributed by atoms with Crippen molar-refractivity contribution in [2.45, 2.75) is 38.0 Å². The average Bonchev–Trinajstić information content (AvgIpc) is 3.32. The number of thioether (sulfide) groups is 1. The summed E-state index contributed by atoms with van der Waals surface area (Å²) in [6.45, 7) is 10.6. The second-order valence-electron chi connectivity index (χ2n) is 6.85. The van der Waals surface area contributed by atoms with Gasteiger partial charge in [-0.15, -0.1) is 35.3 Å². The third kappa shape index (κ3) is 7.38. The molecule has 2 unspecified atom stereocenters. The van der Waals surface area contributed by atoms with E-state index in [4.69, 9.17) is 9.73 Å². The fourth-order valence-corrected chi connectivity index (χ4v) is 5.65. The molecule has 0 saturated carbocycles. The number of aliphatic imine (C=N–C) groups is 1. The lowest BCUT2D eigenvalue weighted by Crippen LogP contribution is -2.42. The molecule has 0 radical (unpaired) electrons. The predicted octanol–water partition coefficient (Wildman–Crippen LogP) is 3.50. The Morgan fingerprint density at radius 2 is 2.15 bits per heavy atom. The van der Waals surface area contributed by atoms with Crippen LogP contribution in [-0.4, -0.2) is 67.8 Å². The van der Waals surface area contributed by atoms with Crippen LogP contribution in [0.3, 0.4) is 0 Å². The SMILES string of the molecule is CCNC(=NCC(c1ccc(C)s1)N1CCOCC1)NCC1CCCS1.I. The Kier molecular flexibility index (Phi) is 10.8. The Bertz CT molecular complexity index is 572. The normalized spacial score (nSPS) is 22.3. The van der Waals surface area contributed by atoms with E-state index in [0.29, 0.717) is 6.04 Å². The van der Waals surface area contributed by atoms with E-state index in [1.165, 1.54) is 28.3 Å². The standard InChI is InChI=1S/C19H32N4OS2.HI/c1-3-20-19(21-13-16-5-4-12-25-16)22-14-17(18-7-6-15(2)26-18)23-8-10-24-11-9-23;/h6-7,16-17H,3-5,8-14H2,1-2H3,(H2,20,21,22);1H. The van der Waals surface area contributed by atoms with Gasteiger partial charge in [-0.3, -0.25) is 9.89 Å². The van der Waals surface area contributed by atoms with E-state index in [-0.39, 0.29) is 24.0 Å². The smallest absolute Gasteiger partial charge is 0.191 e. The molecule has 2 N–H and O–H groups in total. The zero-order valence-corrected chi connectivity index (χ0v) is 20.4. The lowest BCUT2D eigenvalue weighted by molar-refractivity contribution is 0.0186. The summed E-state index contributed by atoms with van der Waals surface area (Å²) < 4.78 is 5.55. The third-order valence-electron chi connectivity index (χ3n) is 4.86. The van der Waals surface area contributed by atoms with Gasteiger partial charge in [0.05, 0.1) is 25.8 Å². The second-order valence-corrected chi connectivity index (χ2v) is 9.58. The van der Waals surface area contributed by atoms with Gasteiger partial charge in [-0.05, 0) is 44.6 Å². The highest BCUT2D eigenvalue weighted by atomic mass is 127. The van der Waals surface area contributed by atoms with Crippen molar-refractivity contribution in [3.63, 3.8) is 0 Å². The Morgan fingerprint density at radius 3 is 2.78 bits per heavy atom. The second kappa shape index (κ2) is 12.5. The number of nitrogens with zero attached hydrogens (tertiary/aromatic N) is 2. The molecule has 0 spiro atoms. The number of halogens is 1. The molecule has 2 aliphatic rings. The summed E-state index contributed by atoms with van der Waals surface area (Å²) in [6, 6.07) is 4.83. The number of hydrogen-bond donors (Lipinski definition) is 2. The first-order chi connectivity index (χ1) is 12.8. The van der Waals surface area contributed by atoms with Crippen molar-refractivity contribution in [1.29, 1.82) is 0 Å². The molecular formula is C19H33IN4OS2. The minimum Gasteiger partial charge on any atom is -0.379 e. The Morgan fingerprint density at radius 1 is 1.33 bits per heavy atom. The van der Waals surface area contributed by atoms with Crippen LogP contribution in [0.2, 0.25) is 0 Å². The van der Waals surface area contributed by atoms with Crippen molar-refractivity contribution in [3.05, 3.63) is 21.9 Å². The number of nitrogens with one attached hydrogen (secondary N) is 2. The lowest BCUT2D eigenvalue weighted by Gasteiger charge is -2.33. The number of morpholine rings is 1. The van der Waals surface area contributed by atoms with E-state index in [0.717, 1.165) is 57.1 Å². The summed E-state index contributed by atoms with van der Waals surface area (Å²) in [6.07, 6.45) is 2.67. The van der Waals surface area contributed by atoms with Gasteiger partial charge in [-0.25, -0.2) is 0 Å². The summed E-state index contributed by atoms with van der Waals surface area (Å²) in [5.41, 5.74) is 0. The van der Waals surface area contributed by atoms with Crippen molar-refractivity contribution in [3.8, 4) is 0 Å². The fourth-order valence-electron chi connectivity index (χ4n) is 3.44. The maximum Gasteiger partial charge on any atom is 0.191 e. The first kappa shape index (κ1) is 23.3. The van der Waals surface area contributed by atoms with Crippen molar-refractivity contribution in [2.24, 2.45) is 4.99 Å². The summed E-state index contributed by atoms with van der Waals surface area (Å²) in [5.74, 6) is 2.25. The summed E-state index contributed by atoms with van der Waals surface area (Å²) in [7, 11) is 0. The predicted molar refractivity (Wildman–Crippen MR) is 129 cm³/mol. The number of hydrogen-bond acceptors (Lipinski definition) is 5. The summed E-state index contributed by atoms with van der Waals surface area (Å²) in [4.78, 5) is 10.2. The van der Waals surface area contributed by atoms with E-state index in [2.05, 4.69) is 53.3 Å². The Labute approximate surface area is 189 Å². The van der Waals surface area contributed by atoms with Crippen LogP contribution < -0.4 is 10.6 Å². The Hall–Kier alpha value is -0.0300. The van der Waals surface area contributed by atoms with Gasteiger partial charge in [0.1, 0.15) is 0 Å². The summed E-state index contributed by atoms with van der Waals surface area (Å²) in [5, 5.41) is 7.70. The van der Waals surface area contributed by atoms with Crippen LogP contribution in [0, 0.1) is 6.92 Å². The van der Waals surface area contributed by atoms with Gasteiger partial charge >= 0.3 is 0 Å². The monoisotopic (exact) mass is 524 g/mol. The molecule has 2 saturated heterocycles. The highest BCUT2D eigenvalue weighted by Gasteiger charge is 2.24. The molecule has 3 rings (SSSR count). The van der Waals surface area contributed by atoms with Gasteiger partial charge in [-0.2, -0.15) is 11.8 Å². The van der Waals surface area contributed by atoms with Gasteiger partial charge < -0.3 is 15.4 Å². The van der Waals surface area contributed by atoms with Gasteiger partial charge in [0.2, 0.25) is 0 Å². The highest BCUT2D eigenvalue weighted by molar-refractivity contribution is 14.0. The van der Waals surface area contributed by atoms with Crippen LogP contribution in [0.15, 0.2) is 17.1 Å². The molecule has 1 aromatic heterocycles. The Balaban J connectivity index is 0.00000261. The first-order valence-electron chi connectivity index (χ1n) is 9.78. The molecule has 2 fully saturated rings. The van der Waals surface area contributed by atoms with Crippen molar-refractivity contribution >= 4 is 53.0 Å². The minimum absolute atomic E-state index is 0. The van der Waals surface area contributed by atoms with Gasteiger partial charge in [-0.1, -0.05) is 0 Å². The first-order valence-corrected chi connectivity index (χ1v) is 11.6. The molecule has 0 aliphatic carbocycles. The molecule has 2 aliphatic heterocycles. The fraction of sp³-hybridized carbons (Fsp3) is 0.737. The molecule has 0 bridgehead atoms. The van der Waals surface area contributed by atoms with Crippen molar-refractivity contribution in [1.82, 2.24) is 15.5 Å². The van der Waals surface area contributed by atoms with E-state index < -0.39 is 0 Å². The molecule has 154 valence electrons. The van der Waals surface area contributed by atoms with Crippen LogP contribution in [0.1, 0.15) is 35.6 Å². The lowest BCUT2D eigenvalue weighted by atomic mass is 10.2. The average molecular weight is 525 g/mol. The third-order valence-corrected chi connectivity index (χ3v) is 7.36. The largest absolute Gasteiger partial charge is 0.379 e. The van der Waals surface area contributed by atoms with E-state index in [9.17, 15) is 0 Å². The molecule has 0 amide bonds. The van der Waals surface area contributed by atoms with Gasteiger partial charge in [0.25, 0.3) is 0 Å². The zero-order chi connectivity index (χ0) is 18.2. The number of rotatable bonds is 7. The zero-order valence-electron chi connectivity index (χ0n) is 16.4. The van der Waals surface area contributed by atoms with E-state index in [1.807, 2.05) is 11.3 Å². The molecule has 2 atom stereocenters. The number of aryl methyl sites for hydroxylation is 1. The maximum absolute atomic E-state index is 5.55. The number of ether oxygens (including phenoxy) is 1. The van der Waals surface area contributed by atoms with Crippen LogP contribution in [0.5, 0.6) is 0 Å². The van der Waals surface area contributed by atoms with Crippen molar-refractivity contribution < 1.29 is 4.74 Å². The molecular weight excluding hydrogens is 491 g/mol. The molecule has 5 nitrogen and oxygen atoms in total. The summed E-state index contributed by atoms with van der Waals surface area (Å²) >= 11 is 3.98. The van der Waals surface area contributed by atoms with E-state index >= 15 is 0 Å². The van der Waals surface area contributed by atoms with Crippen LogP contribution in [-0.2, 0) is 4.74 Å². The minimum atomic E-state index is 0. The van der Waals surface area contributed by atoms with E-state index in [1.54, 1.807) is 0 Å². The number of thiophene rings is 1. The molecule has 3 heterocycles. The van der Waals surface area contributed by atoms with Gasteiger partial charge in [0, 0.05) is 41.2 Å². The van der Waals surface area contributed by atoms with Crippen molar-refractivity contribution in [2.75, 3.05) is 51.7 Å². The van der Waals surface area contributed by atoms with Gasteiger partial charge in [0.15, 0.2) is 5.96 Å². The topological polar surface area (TPSA) is 48.9 Å². The number of guanidine groups is 1. The van der Waals surface area contributed by atoms with Crippen LogP contribution in [0.4, 0.5) is 0 Å². The molecule has 0 aromatic carbocycles. The molecule has 8 heteroatoms.